The fourth-order valence-electron chi connectivity index (χ4n) is 2.62. The van der Waals surface area contributed by atoms with Gasteiger partial charge in [-0.1, -0.05) is 24.6 Å². The van der Waals surface area contributed by atoms with E-state index in [2.05, 4.69) is 14.7 Å². The number of nitrogens with zero attached hydrogens (tertiary/aromatic N) is 1. The molecule has 0 atom stereocenters. The maximum atomic E-state index is 13.1. The molecule has 0 spiro atoms. The van der Waals surface area contributed by atoms with Crippen LogP contribution < -0.4 is 4.72 Å². The van der Waals surface area contributed by atoms with Crippen LogP contribution in [0.25, 0.3) is 0 Å². The topological polar surface area (TPSA) is 74.8 Å². The Hall–Kier alpha value is -2.17. The van der Waals surface area contributed by atoms with Crippen molar-refractivity contribution >= 4 is 39.1 Å². The molecule has 0 amide bonds. The van der Waals surface area contributed by atoms with Gasteiger partial charge in [0.25, 0.3) is 10.0 Å². The molecule has 0 radical (unpaired) electrons. The SMILES string of the molecule is CCc1ccc(SCc2ncc[nH]2)c(NS(=O)(=O)c2ccc(Cl)c(C(F)(F)F)c2)c1. The van der Waals surface area contributed by atoms with E-state index in [4.69, 9.17) is 11.6 Å². The van der Waals surface area contributed by atoms with Crippen molar-refractivity contribution < 1.29 is 21.6 Å². The van der Waals surface area contributed by atoms with Gasteiger partial charge in [-0.3, -0.25) is 4.72 Å². The predicted molar refractivity (Wildman–Crippen MR) is 111 cm³/mol. The Morgan fingerprint density at radius 3 is 2.60 bits per heavy atom. The van der Waals surface area contributed by atoms with Crippen LogP contribution in [0.3, 0.4) is 0 Å². The summed E-state index contributed by atoms with van der Waals surface area (Å²) in [5.74, 6) is 1.17. The fourth-order valence-corrected chi connectivity index (χ4v) is 4.88. The zero-order valence-corrected chi connectivity index (χ0v) is 18.0. The molecule has 3 rings (SSSR count). The molecule has 1 heterocycles. The molecule has 0 saturated heterocycles. The molecule has 5 nitrogen and oxygen atoms in total. The molecule has 2 aromatic carbocycles. The monoisotopic (exact) mass is 475 g/mol. The van der Waals surface area contributed by atoms with Crippen LogP contribution in [-0.4, -0.2) is 18.4 Å². The van der Waals surface area contributed by atoms with Crippen molar-refractivity contribution in [2.24, 2.45) is 0 Å². The highest BCUT2D eigenvalue weighted by atomic mass is 35.5. The summed E-state index contributed by atoms with van der Waals surface area (Å²) in [6.45, 7) is 1.91. The Labute approximate surface area is 181 Å². The summed E-state index contributed by atoms with van der Waals surface area (Å²) in [6, 6.07) is 7.81. The summed E-state index contributed by atoms with van der Waals surface area (Å²) in [4.78, 5) is 7.18. The summed E-state index contributed by atoms with van der Waals surface area (Å²) in [6.07, 6.45) is -0.817. The predicted octanol–water partition coefficient (Wildman–Crippen LogP) is 5.74. The van der Waals surface area contributed by atoms with Gasteiger partial charge in [0.05, 0.1) is 26.9 Å². The van der Waals surface area contributed by atoms with Gasteiger partial charge in [-0.05, 0) is 42.3 Å². The number of thioether (sulfide) groups is 1. The lowest BCUT2D eigenvalue weighted by Crippen LogP contribution is -2.15. The van der Waals surface area contributed by atoms with Crippen LogP contribution in [0, 0.1) is 0 Å². The van der Waals surface area contributed by atoms with Gasteiger partial charge in [0.1, 0.15) is 5.82 Å². The summed E-state index contributed by atoms with van der Waals surface area (Å²) in [7, 11) is -4.28. The van der Waals surface area contributed by atoms with Gasteiger partial charge in [-0.15, -0.1) is 11.8 Å². The molecule has 3 aromatic rings. The van der Waals surface area contributed by atoms with Gasteiger partial charge in [0.15, 0.2) is 0 Å². The lowest BCUT2D eigenvalue weighted by molar-refractivity contribution is -0.137. The summed E-state index contributed by atoms with van der Waals surface area (Å²) in [5, 5.41) is -0.566. The number of aromatic nitrogens is 2. The van der Waals surface area contributed by atoms with E-state index in [0.717, 1.165) is 17.7 Å². The molecule has 0 saturated carbocycles. The van der Waals surface area contributed by atoms with Gasteiger partial charge < -0.3 is 4.98 Å². The minimum Gasteiger partial charge on any atom is -0.348 e. The van der Waals surface area contributed by atoms with Gasteiger partial charge in [-0.25, -0.2) is 13.4 Å². The molecule has 0 bridgehead atoms. The smallest absolute Gasteiger partial charge is 0.348 e. The number of nitrogens with one attached hydrogen (secondary N) is 2. The summed E-state index contributed by atoms with van der Waals surface area (Å²) >= 11 is 6.95. The van der Waals surface area contributed by atoms with Crippen molar-refractivity contribution in [3.05, 3.63) is 70.8 Å². The number of anilines is 1. The fraction of sp³-hybridized carbons (Fsp3) is 0.211. The third kappa shape index (κ3) is 5.30. The number of aryl methyl sites for hydroxylation is 1. The number of rotatable bonds is 7. The van der Waals surface area contributed by atoms with Crippen LogP contribution in [0.5, 0.6) is 0 Å². The van der Waals surface area contributed by atoms with Crippen LogP contribution in [0.1, 0.15) is 23.9 Å². The number of imidazole rings is 1. The first-order chi connectivity index (χ1) is 14.1. The van der Waals surface area contributed by atoms with Crippen molar-refractivity contribution in [2.75, 3.05) is 4.72 Å². The normalized spacial score (nSPS) is 12.2. The number of hydrogen-bond acceptors (Lipinski definition) is 4. The van der Waals surface area contributed by atoms with Crippen LogP contribution >= 0.6 is 23.4 Å². The molecule has 0 aliphatic heterocycles. The van der Waals surface area contributed by atoms with E-state index < -0.39 is 31.7 Å². The molecule has 0 unspecified atom stereocenters. The van der Waals surface area contributed by atoms with Gasteiger partial charge >= 0.3 is 6.18 Å². The largest absolute Gasteiger partial charge is 0.417 e. The molecule has 2 N–H and O–H groups in total. The van der Waals surface area contributed by atoms with Crippen LogP contribution in [0.4, 0.5) is 18.9 Å². The van der Waals surface area contributed by atoms with E-state index in [-0.39, 0.29) is 5.69 Å². The van der Waals surface area contributed by atoms with Crippen molar-refractivity contribution in [1.29, 1.82) is 0 Å². The van der Waals surface area contributed by atoms with Crippen molar-refractivity contribution in [1.82, 2.24) is 9.97 Å². The first kappa shape index (κ1) is 22.5. The average molecular weight is 476 g/mol. The third-order valence-corrected chi connectivity index (χ3v) is 6.95. The Balaban J connectivity index is 1.93. The van der Waals surface area contributed by atoms with Crippen molar-refractivity contribution in [2.45, 2.75) is 35.1 Å². The van der Waals surface area contributed by atoms with E-state index in [9.17, 15) is 21.6 Å². The lowest BCUT2D eigenvalue weighted by atomic mass is 10.1. The van der Waals surface area contributed by atoms with Gasteiger partial charge in [0.2, 0.25) is 0 Å². The second-order valence-corrected chi connectivity index (χ2v) is 9.36. The van der Waals surface area contributed by atoms with Crippen molar-refractivity contribution in [3.8, 4) is 0 Å². The second kappa shape index (κ2) is 8.91. The number of aromatic amines is 1. The highest BCUT2D eigenvalue weighted by molar-refractivity contribution is 7.98. The molecule has 11 heteroatoms. The molecule has 160 valence electrons. The average Bonchev–Trinajstić information content (AvgIpc) is 3.19. The van der Waals surface area contributed by atoms with E-state index >= 15 is 0 Å². The first-order valence-corrected chi connectivity index (χ1v) is 11.6. The van der Waals surface area contributed by atoms with E-state index in [1.807, 2.05) is 13.0 Å². The van der Waals surface area contributed by atoms with Crippen LogP contribution in [0.15, 0.2) is 58.6 Å². The highest BCUT2D eigenvalue weighted by Crippen LogP contribution is 2.37. The Kier molecular flexibility index (Phi) is 6.68. The molecule has 0 aliphatic carbocycles. The number of sulfonamides is 1. The van der Waals surface area contributed by atoms with Crippen LogP contribution in [-0.2, 0) is 28.4 Å². The second-order valence-electron chi connectivity index (χ2n) is 6.25. The Morgan fingerprint density at radius 1 is 1.20 bits per heavy atom. The number of H-pyrrole nitrogens is 1. The number of benzene rings is 2. The molecule has 0 fully saturated rings. The molecule has 30 heavy (non-hydrogen) atoms. The van der Waals surface area contributed by atoms with E-state index in [1.165, 1.54) is 11.8 Å². The van der Waals surface area contributed by atoms with Gasteiger partial charge in [0, 0.05) is 17.3 Å². The quantitative estimate of drug-likeness (QED) is 0.427. The minimum atomic E-state index is -4.77. The number of halogens is 4. The highest BCUT2D eigenvalue weighted by Gasteiger charge is 2.34. The maximum absolute atomic E-state index is 13.1. The van der Waals surface area contributed by atoms with E-state index in [0.29, 0.717) is 29.0 Å². The lowest BCUT2D eigenvalue weighted by Gasteiger charge is -2.15. The standard InChI is InChI=1S/C19H17ClF3N3O2S2/c1-2-12-3-6-17(29-11-18-24-7-8-25-18)16(9-12)26-30(27,28)13-4-5-15(20)14(10-13)19(21,22)23/h3-10,26H,2,11H2,1H3,(H,24,25). The van der Waals surface area contributed by atoms with E-state index in [1.54, 1.807) is 24.5 Å². The van der Waals surface area contributed by atoms with Crippen LogP contribution in [0.2, 0.25) is 5.02 Å². The molecular weight excluding hydrogens is 459 g/mol. The summed E-state index contributed by atoms with van der Waals surface area (Å²) in [5.41, 5.74) is -0.0432. The Bertz CT molecular complexity index is 1130. The third-order valence-electron chi connectivity index (χ3n) is 4.17. The number of hydrogen-bond donors (Lipinski definition) is 2. The van der Waals surface area contributed by atoms with Gasteiger partial charge in [-0.2, -0.15) is 13.2 Å². The zero-order valence-electron chi connectivity index (χ0n) is 15.6. The molecule has 1 aromatic heterocycles. The zero-order chi connectivity index (χ0) is 21.9. The molecular formula is C19H17ClF3N3O2S2. The first-order valence-electron chi connectivity index (χ1n) is 8.73. The Morgan fingerprint density at radius 2 is 1.97 bits per heavy atom. The maximum Gasteiger partial charge on any atom is 0.417 e. The molecule has 0 aliphatic rings. The van der Waals surface area contributed by atoms with Crippen molar-refractivity contribution in [3.63, 3.8) is 0 Å². The summed E-state index contributed by atoms with van der Waals surface area (Å²) < 4.78 is 67.5. The minimum absolute atomic E-state index is 0.286. The number of alkyl halides is 3.